The molecule has 0 atom stereocenters. The zero-order valence-electron chi connectivity index (χ0n) is 18.9. The number of carbonyl (C=O) groups is 1. The van der Waals surface area contributed by atoms with Crippen molar-refractivity contribution in [2.75, 3.05) is 18.4 Å². The molecule has 0 spiro atoms. The van der Waals surface area contributed by atoms with Crippen molar-refractivity contribution in [3.05, 3.63) is 59.7 Å². The van der Waals surface area contributed by atoms with Crippen LogP contribution in [-0.2, 0) is 27.7 Å². The van der Waals surface area contributed by atoms with Crippen LogP contribution in [0.15, 0.2) is 53.4 Å². The predicted octanol–water partition coefficient (Wildman–Crippen LogP) is 5.02. The van der Waals surface area contributed by atoms with Gasteiger partial charge in [-0.1, -0.05) is 51.5 Å². The average molecular weight is 443 g/mol. The van der Waals surface area contributed by atoms with Gasteiger partial charge in [0.05, 0.1) is 4.90 Å². The van der Waals surface area contributed by atoms with E-state index in [1.807, 2.05) is 43.3 Å². The minimum absolute atomic E-state index is 0.0472. The van der Waals surface area contributed by atoms with E-state index in [0.29, 0.717) is 30.8 Å². The summed E-state index contributed by atoms with van der Waals surface area (Å²) in [6, 6.07) is 15.1. The summed E-state index contributed by atoms with van der Waals surface area (Å²) in [7, 11) is -3.54. The fourth-order valence-electron chi connectivity index (χ4n) is 3.91. The number of nitrogens with zero attached hydrogens (tertiary/aromatic N) is 1. The van der Waals surface area contributed by atoms with Crippen molar-refractivity contribution < 1.29 is 13.2 Å². The highest BCUT2D eigenvalue weighted by Gasteiger charge is 2.40. The number of nitrogens with one attached hydrogen (secondary N) is 1. The molecule has 1 aliphatic rings. The van der Waals surface area contributed by atoms with Crippen molar-refractivity contribution in [2.45, 2.75) is 64.2 Å². The summed E-state index contributed by atoms with van der Waals surface area (Å²) in [5, 5.41) is 3.00. The van der Waals surface area contributed by atoms with E-state index in [1.54, 1.807) is 12.1 Å². The normalized spacial score (nSPS) is 16.7. The summed E-state index contributed by atoms with van der Waals surface area (Å²) in [5.41, 5.74) is 2.58. The Hall–Kier alpha value is -2.18. The molecule has 6 heteroatoms. The zero-order valence-corrected chi connectivity index (χ0v) is 19.7. The lowest BCUT2D eigenvalue weighted by molar-refractivity contribution is -0.126. The molecule has 0 unspecified atom stereocenters. The Bertz CT molecular complexity index is 974. The molecule has 1 saturated heterocycles. The molecular formula is C25H34N2O3S. The molecule has 2 aromatic rings. The van der Waals surface area contributed by atoms with Crippen molar-refractivity contribution in [1.29, 1.82) is 0 Å². The third-order valence-electron chi connectivity index (χ3n) is 6.37. The molecule has 2 aromatic carbocycles. The summed E-state index contributed by atoms with van der Waals surface area (Å²) < 4.78 is 27.7. The molecule has 168 valence electrons. The Morgan fingerprint density at radius 1 is 0.968 bits per heavy atom. The maximum Gasteiger partial charge on any atom is 0.243 e. The fourth-order valence-corrected chi connectivity index (χ4v) is 5.35. The van der Waals surface area contributed by atoms with E-state index < -0.39 is 15.4 Å². The summed E-state index contributed by atoms with van der Waals surface area (Å²) in [6.07, 6.45) is 5.14. The lowest BCUT2D eigenvalue weighted by Gasteiger charge is -2.37. The molecule has 31 heavy (non-hydrogen) atoms. The van der Waals surface area contributed by atoms with Crippen LogP contribution in [0.4, 0.5) is 5.69 Å². The smallest absolute Gasteiger partial charge is 0.243 e. The van der Waals surface area contributed by atoms with E-state index in [2.05, 4.69) is 19.2 Å². The largest absolute Gasteiger partial charge is 0.326 e. The van der Waals surface area contributed by atoms with Crippen LogP contribution >= 0.6 is 0 Å². The van der Waals surface area contributed by atoms with E-state index in [4.69, 9.17) is 0 Å². The van der Waals surface area contributed by atoms with Gasteiger partial charge >= 0.3 is 0 Å². The predicted molar refractivity (Wildman–Crippen MR) is 126 cm³/mol. The van der Waals surface area contributed by atoms with Gasteiger partial charge in [0.25, 0.3) is 0 Å². The van der Waals surface area contributed by atoms with E-state index >= 15 is 0 Å². The van der Waals surface area contributed by atoms with E-state index in [9.17, 15) is 13.2 Å². The molecule has 0 aromatic heterocycles. The number of aryl methyl sites for hydroxylation is 2. The van der Waals surface area contributed by atoms with Gasteiger partial charge in [-0.3, -0.25) is 4.79 Å². The highest BCUT2D eigenvalue weighted by Crippen LogP contribution is 2.34. The van der Waals surface area contributed by atoms with Gasteiger partial charge in [-0.25, -0.2) is 8.42 Å². The van der Waals surface area contributed by atoms with Crippen LogP contribution < -0.4 is 5.32 Å². The van der Waals surface area contributed by atoms with Gasteiger partial charge < -0.3 is 5.32 Å². The molecule has 0 bridgehead atoms. The SMILES string of the molecule is CCCCc1ccc(S(=O)(=O)N2CCC(C)(C(=O)Nc3ccc(CC)cc3)CC2)cc1. The van der Waals surface area contributed by atoms with Gasteiger partial charge in [0.15, 0.2) is 0 Å². The van der Waals surface area contributed by atoms with Gasteiger partial charge in [0.1, 0.15) is 0 Å². The minimum atomic E-state index is -3.54. The number of piperidine rings is 1. The number of anilines is 1. The quantitative estimate of drug-likeness (QED) is 0.624. The first-order valence-electron chi connectivity index (χ1n) is 11.3. The first kappa shape index (κ1) is 23.5. The molecule has 0 aliphatic carbocycles. The van der Waals surface area contributed by atoms with E-state index in [-0.39, 0.29) is 5.91 Å². The Morgan fingerprint density at radius 2 is 1.55 bits per heavy atom. The number of carbonyl (C=O) groups excluding carboxylic acids is 1. The van der Waals surface area contributed by atoms with E-state index in [0.717, 1.165) is 36.9 Å². The average Bonchev–Trinajstić information content (AvgIpc) is 2.78. The Kier molecular flexibility index (Phi) is 7.55. The summed E-state index contributed by atoms with van der Waals surface area (Å²) in [5.74, 6) is -0.0472. The van der Waals surface area contributed by atoms with Crippen LogP contribution in [-0.4, -0.2) is 31.7 Å². The van der Waals surface area contributed by atoms with Crippen LogP contribution in [0.5, 0.6) is 0 Å². The van der Waals surface area contributed by atoms with Crippen molar-refractivity contribution in [1.82, 2.24) is 4.31 Å². The topological polar surface area (TPSA) is 66.5 Å². The molecule has 1 heterocycles. The summed E-state index contributed by atoms with van der Waals surface area (Å²) in [6.45, 7) is 6.86. The van der Waals surface area contributed by atoms with Crippen LogP contribution in [0.3, 0.4) is 0 Å². The number of amides is 1. The molecule has 1 aliphatic heterocycles. The number of rotatable bonds is 8. The molecule has 5 nitrogen and oxygen atoms in total. The van der Waals surface area contributed by atoms with Crippen molar-refractivity contribution in [2.24, 2.45) is 5.41 Å². The highest BCUT2D eigenvalue weighted by molar-refractivity contribution is 7.89. The van der Waals surface area contributed by atoms with Crippen LogP contribution in [0.1, 0.15) is 57.6 Å². The lowest BCUT2D eigenvalue weighted by atomic mass is 9.80. The number of hydrogen-bond acceptors (Lipinski definition) is 3. The molecule has 1 fully saturated rings. The number of sulfonamides is 1. The minimum Gasteiger partial charge on any atom is -0.326 e. The Morgan fingerprint density at radius 3 is 2.10 bits per heavy atom. The Labute approximate surface area is 186 Å². The van der Waals surface area contributed by atoms with Crippen molar-refractivity contribution in [3.63, 3.8) is 0 Å². The second kappa shape index (κ2) is 9.96. The fraction of sp³-hybridized carbons (Fsp3) is 0.480. The maximum absolute atomic E-state index is 13.1. The summed E-state index contributed by atoms with van der Waals surface area (Å²) in [4.78, 5) is 13.2. The molecular weight excluding hydrogens is 408 g/mol. The maximum atomic E-state index is 13.1. The van der Waals surface area contributed by atoms with E-state index in [1.165, 1.54) is 9.87 Å². The standard InChI is InChI=1S/C25H34N2O3S/c1-4-6-7-21-10-14-23(15-11-21)31(29,30)27-18-16-25(3,17-19-27)24(28)26-22-12-8-20(5-2)9-13-22/h8-15H,4-7,16-19H2,1-3H3,(H,26,28). The monoisotopic (exact) mass is 442 g/mol. The van der Waals surface area contributed by atoms with Gasteiger partial charge in [0, 0.05) is 24.2 Å². The summed E-state index contributed by atoms with van der Waals surface area (Å²) >= 11 is 0. The second-order valence-electron chi connectivity index (χ2n) is 8.72. The third-order valence-corrected chi connectivity index (χ3v) is 8.29. The third kappa shape index (κ3) is 5.55. The second-order valence-corrected chi connectivity index (χ2v) is 10.7. The lowest BCUT2D eigenvalue weighted by Crippen LogP contribution is -2.46. The molecule has 1 N–H and O–H groups in total. The zero-order chi connectivity index (χ0) is 22.5. The van der Waals surface area contributed by atoms with Crippen molar-refractivity contribution >= 4 is 21.6 Å². The molecule has 0 saturated carbocycles. The van der Waals surface area contributed by atoms with Crippen molar-refractivity contribution in [3.8, 4) is 0 Å². The number of unbranched alkanes of at least 4 members (excludes halogenated alkanes) is 1. The number of hydrogen-bond donors (Lipinski definition) is 1. The van der Waals surface area contributed by atoms with Crippen LogP contribution in [0.2, 0.25) is 0 Å². The van der Waals surface area contributed by atoms with Gasteiger partial charge in [-0.2, -0.15) is 4.31 Å². The molecule has 0 radical (unpaired) electrons. The van der Waals surface area contributed by atoms with Crippen LogP contribution in [0, 0.1) is 5.41 Å². The van der Waals surface area contributed by atoms with Crippen LogP contribution in [0.25, 0.3) is 0 Å². The van der Waals surface area contributed by atoms with Gasteiger partial charge in [-0.05, 0) is 67.5 Å². The van der Waals surface area contributed by atoms with Gasteiger partial charge in [0.2, 0.25) is 15.9 Å². The molecule has 3 rings (SSSR count). The number of benzene rings is 2. The highest BCUT2D eigenvalue weighted by atomic mass is 32.2. The Balaban J connectivity index is 1.62. The molecule has 1 amide bonds. The first-order valence-corrected chi connectivity index (χ1v) is 12.7. The van der Waals surface area contributed by atoms with Gasteiger partial charge in [-0.15, -0.1) is 0 Å². The first-order chi connectivity index (χ1) is 14.8.